The van der Waals surface area contributed by atoms with Crippen molar-refractivity contribution < 1.29 is 18.3 Å². The molecular formula is C25H21F2NO2. The Kier molecular flexibility index (Phi) is 5.72. The number of carbonyl (C=O) groups excluding carboxylic acids is 1. The van der Waals surface area contributed by atoms with Crippen LogP contribution < -0.4 is 0 Å². The van der Waals surface area contributed by atoms with Crippen LogP contribution in [0, 0.1) is 11.6 Å². The highest BCUT2D eigenvalue weighted by Gasteiger charge is 2.34. The van der Waals surface area contributed by atoms with Gasteiger partial charge in [0.05, 0.1) is 18.7 Å². The van der Waals surface area contributed by atoms with Gasteiger partial charge in [0.15, 0.2) is 0 Å². The van der Waals surface area contributed by atoms with Gasteiger partial charge in [-0.05, 0) is 34.4 Å². The molecular weight excluding hydrogens is 384 g/mol. The first kappa shape index (κ1) is 20.0. The van der Waals surface area contributed by atoms with Crippen molar-refractivity contribution in [1.29, 1.82) is 0 Å². The number of methoxy groups -OCH3 is 1. The molecule has 1 fully saturated rings. The molecule has 0 N–H and O–H groups in total. The summed E-state index contributed by atoms with van der Waals surface area (Å²) in [5.74, 6) is -2.05. The molecule has 3 aromatic rings. The van der Waals surface area contributed by atoms with Gasteiger partial charge in [0.25, 0.3) is 0 Å². The average Bonchev–Trinajstić information content (AvgIpc) is 2.72. The molecule has 0 radical (unpaired) electrons. The van der Waals surface area contributed by atoms with E-state index < -0.39 is 17.6 Å². The SMILES string of the molecule is COC(=O)C(=C1CN(C(c2ccccc2)c2ccccc2)C1)c1cc(F)cc(F)c1. The summed E-state index contributed by atoms with van der Waals surface area (Å²) in [7, 11) is 1.27. The van der Waals surface area contributed by atoms with E-state index in [1.165, 1.54) is 7.11 Å². The van der Waals surface area contributed by atoms with E-state index in [0.29, 0.717) is 13.1 Å². The average molecular weight is 405 g/mol. The van der Waals surface area contributed by atoms with Crippen molar-refractivity contribution in [3.8, 4) is 0 Å². The van der Waals surface area contributed by atoms with Crippen LogP contribution >= 0.6 is 0 Å². The van der Waals surface area contributed by atoms with Crippen molar-refractivity contribution in [1.82, 2.24) is 4.90 Å². The van der Waals surface area contributed by atoms with Crippen LogP contribution in [0.2, 0.25) is 0 Å². The van der Waals surface area contributed by atoms with Crippen molar-refractivity contribution in [2.24, 2.45) is 0 Å². The number of likely N-dealkylation sites (tertiary alicyclic amines) is 1. The van der Waals surface area contributed by atoms with Gasteiger partial charge < -0.3 is 4.74 Å². The lowest BCUT2D eigenvalue weighted by Crippen LogP contribution is -2.44. The number of rotatable bonds is 5. The third-order valence-electron chi connectivity index (χ3n) is 5.28. The van der Waals surface area contributed by atoms with Crippen LogP contribution in [0.25, 0.3) is 5.57 Å². The van der Waals surface area contributed by atoms with Crippen LogP contribution in [-0.2, 0) is 9.53 Å². The minimum absolute atomic E-state index is 0.0132. The molecule has 0 bridgehead atoms. The minimum Gasteiger partial charge on any atom is -0.465 e. The highest BCUT2D eigenvalue weighted by atomic mass is 19.1. The van der Waals surface area contributed by atoms with E-state index in [0.717, 1.165) is 34.9 Å². The van der Waals surface area contributed by atoms with Crippen LogP contribution in [-0.4, -0.2) is 31.1 Å². The molecule has 1 heterocycles. The van der Waals surface area contributed by atoms with Gasteiger partial charge >= 0.3 is 5.97 Å². The zero-order valence-corrected chi connectivity index (χ0v) is 16.5. The fraction of sp³-hybridized carbons (Fsp3) is 0.160. The molecule has 30 heavy (non-hydrogen) atoms. The third-order valence-corrected chi connectivity index (χ3v) is 5.28. The Morgan fingerprint density at radius 3 is 1.83 bits per heavy atom. The number of carbonyl (C=O) groups is 1. The number of hydrogen-bond donors (Lipinski definition) is 0. The molecule has 0 aromatic heterocycles. The van der Waals surface area contributed by atoms with Gasteiger partial charge in [0.2, 0.25) is 0 Å². The predicted octanol–water partition coefficient (Wildman–Crippen LogP) is 5.00. The van der Waals surface area contributed by atoms with E-state index in [1.54, 1.807) is 0 Å². The second-order valence-electron chi connectivity index (χ2n) is 7.26. The quantitative estimate of drug-likeness (QED) is 0.442. The summed E-state index contributed by atoms with van der Waals surface area (Å²) >= 11 is 0. The topological polar surface area (TPSA) is 29.5 Å². The standard InChI is InChI=1S/C25H21F2NO2/c1-30-25(29)23(19-12-21(26)14-22(27)13-19)20-15-28(16-20)24(17-8-4-2-5-9-17)18-10-6-3-7-11-18/h2-14,24H,15-16H2,1H3. The van der Waals surface area contributed by atoms with Crippen molar-refractivity contribution in [2.45, 2.75) is 6.04 Å². The Morgan fingerprint density at radius 2 is 1.37 bits per heavy atom. The second-order valence-corrected chi connectivity index (χ2v) is 7.26. The molecule has 152 valence electrons. The zero-order chi connectivity index (χ0) is 21.1. The van der Waals surface area contributed by atoms with Gasteiger partial charge in [-0.1, -0.05) is 60.7 Å². The summed E-state index contributed by atoms with van der Waals surface area (Å²) in [4.78, 5) is 14.7. The van der Waals surface area contributed by atoms with E-state index in [-0.39, 0.29) is 17.2 Å². The maximum Gasteiger partial charge on any atom is 0.338 e. The van der Waals surface area contributed by atoms with Crippen LogP contribution in [0.5, 0.6) is 0 Å². The van der Waals surface area contributed by atoms with Crippen molar-refractivity contribution in [3.05, 3.63) is 113 Å². The Labute approximate surface area is 174 Å². The van der Waals surface area contributed by atoms with Gasteiger partial charge in [-0.2, -0.15) is 0 Å². The molecule has 0 spiro atoms. The maximum absolute atomic E-state index is 13.8. The molecule has 0 amide bonds. The molecule has 3 aromatic carbocycles. The van der Waals surface area contributed by atoms with Gasteiger partial charge in [-0.15, -0.1) is 0 Å². The number of halogens is 2. The Hall–Kier alpha value is -3.31. The monoisotopic (exact) mass is 405 g/mol. The van der Waals surface area contributed by atoms with Gasteiger partial charge in [0.1, 0.15) is 11.6 Å². The number of benzene rings is 3. The molecule has 4 rings (SSSR count). The summed E-state index contributed by atoms with van der Waals surface area (Å²) in [5.41, 5.74) is 3.50. The van der Waals surface area contributed by atoms with Crippen LogP contribution in [0.1, 0.15) is 22.7 Å². The highest BCUT2D eigenvalue weighted by molar-refractivity contribution is 6.17. The largest absolute Gasteiger partial charge is 0.465 e. The lowest BCUT2D eigenvalue weighted by atomic mass is 9.89. The molecule has 5 heteroatoms. The van der Waals surface area contributed by atoms with Gasteiger partial charge in [-0.3, -0.25) is 4.90 Å². The molecule has 3 nitrogen and oxygen atoms in total. The first-order valence-electron chi connectivity index (χ1n) is 9.67. The minimum atomic E-state index is -0.727. The van der Waals surface area contributed by atoms with Crippen molar-refractivity contribution in [2.75, 3.05) is 20.2 Å². The number of hydrogen-bond acceptors (Lipinski definition) is 3. The first-order valence-corrected chi connectivity index (χ1v) is 9.67. The number of ether oxygens (including phenoxy) is 1. The van der Waals surface area contributed by atoms with E-state index in [2.05, 4.69) is 29.2 Å². The van der Waals surface area contributed by atoms with Crippen LogP contribution in [0.3, 0.4) is 0 Å². The lowest BCUT2D eigenvalue weighted by molar-refractivity contribution is -0.133. The van der Waals surface area contributed by atoms with Crippen molar-refractivity contribution >= 4 is 11.5 Å². The predicted molar refractivity (Wildman–Crippen MR) is 112 cm³/mol. The number of nitrogens with zero attached hydrogens (tertiary/aromatic N) is 1. The molecule has 0 unspecified atom stereocenters. The molecule has 1 aliphatic heterocycles. The second kappa shape index (κ2) is 8.59. The van der Waals surface area contributed by atoms with Gasteiger partial charge in [-0.25, -0.2) is 13.6 Å². The molecule has 0 saturated carbocycles. The van der Waals surface area contributed by atoms with E-state index in [1.807, 2.05) is 36.4 Å². The van der Waals surface area contributed by atoms with E-state index in [9.17, 15) is 13.6 Å². The summed E-state index contributed by atoms with van der Waals surface area (Å²) < 4.78 is 32.4. The van der Waals surface area contributed by atoms with Gasteiger partial charge in [0, 0.05) is 19.2 Å². The highest BCUT2D eigenvalue weighted by Crippen LogP contribution is 2.37. The molecule has 1 saturated heterocycles. The summed E-state index contributed by atoms with van der Waals surface area (Å²) in [5, 5.41) is 0. The lowest BCUT2D eigenvalue weighted by Gasteiger charge is -2.42. The van der Waals surface area contributed by atoms with Crippen LogP contribution in [0.15, 0.2) is 84.4 Å². The zero-order valence-electron chi connectivity index (χ0n) is 16.5. The Bertz CT molecular complexity index is 1010. The molecule has 1 aliphatic rings. The smallest absolute Gasteiger partial charge is 0.338 e. The molecule has 0 aliphatic carbocycles. The summed E-state index contributed by atoms with van der Waals surface area (Å²) in [6.45, 7) is 0.994. The normalized spacial score (nSPS) is 13.8. The summed E-state index contributed by atoms with van der Waals surface area (Å²) in [6, 6.07) is 23.4. The van der Waals surface area contributed by atoms with Crippen molar-refractivity contribution in [3.63, 3.8) is 0 Å². The Balaban J connectivity index is 1.70. The first-order chi connectivity index (χ1) is 14.6. The van der Waals surface area contributed by atoms with Crippen LogP contribution in [0.4, 0.5) is 8.78 Å². The fourth-order valence-electron chi connectivity index (χ4n) is 3.94. The fourth-order valence-corrected chi connectivity index (χ4v) is 3.94. The summed E-state index contributed by atoms with van der Waals surface area (Å²) in [6.07, 6.45) is 0. The maximum atomic E-state index is 13.8. The number of esters is 1. The Morgan fingerprint density at radius 1 is 0.867 bits per heavy atom. The van der Waals surface area contributed by atoms with E-state index >= 15 is 0 Å². The molecule has 0 atom stereocenters. The third kappa shape index (κ3) is 4.02. The van der Waals surface area contributed by atoms with E-state index in [4.69, 9.17) is 4.74 Å².